The van der Waals surface area contributed by atoms with E-state index in [1.807, 2.05) is 0 Å². The summed E-state index contributed by atoms with van der Waals surface area (Å²) in [6, 6.07) is 23.7. The molecule has 0 atom stereocenters. The lowest BCUT2D eigenvalue weighted by atomic mass is 9.79. The molecule has 2 aliphatic rings. The maximum Gasteiger partial charge on any atom is 0.330 e. The molecule has 0 heterocycles. The number of aryl methyl sites for hydroxylation is 1. The Bertz CT molecular complexity index is 1680. The lowest BCUT2D eigenvalue weighted by Gasteiger charge is -2.29. The Morgan fingerprint density at radius 2 is 0.915 bits per heavy atom. The molecule has 3 aromatic carbocycles. The summed E-state index contributed by atoms with van der Waals surface area (Å²) in [5, 5.41) is 0. The van der Waals surface area contributed by atoms with Gasteiger partial charge in [0.05, 0.1) is 39.6 Å². The first-order valence-electron chi connectivity index (χ1n) is 22.3. The SMILES string of the molecule is C=CC(=O)OCCCCCCOc1ccc(C2CCC(COc3ccc(OCC4CCC(c5ccc(OCCCCCCOC(=O)C=C)cc5)CC4)c(C)c3)CC2)cc1. The molecule has 2 saturated carbocycles. The summed E-state index contributed by atoms with van der Waals surface area (Å²) >= 11 is 0. The second kappa shape index (κ2) is 25.7. The molecule has 0 aromatic heterocycles. The molecule has 0 radical (unpaired) electrons. The van der Waals surface area contributed by atoms with Crippen LogP contribution in [0, 0.1) is 18.8 Å². The Kier molecular flexibility index (Phi) is 19.8. The minimum atomic E-state index is -0.353. The summed E-state index contributed by atoms with van der Waals surface area (Å²) in [7, 11) is 0. The van der Waals surface area contributed by atoms with E-state index in [4.69, 9.17) is 28.4 Å². The van der Waals surface area contributed by atoms with Crippen LogP contribution in [-0.4, -0.2) is 51.6 Å². The molecule has 0 amide bonds. The van der Waals surface area contributed by atoms with Crippen LogP contribution in [0.25, 0.3) is 0 Å². The number of hydrogen-bond donors (Lipinski definition) is 0. The molecular weight excluding hydrogens is 741 g/mol. The Labute approximate surface area is 353 Å². The van der Waals surface area contributed by atoms with E-state index in [0.717, 1.165) is 93.1 Å². The van der Waals surface area contributed by atoms with Gasteiger partial charge >= 0.3 is 11.9 Å². The zero-order valence-electron chi connectivity index (χ0n) is 35.6. The maximum atomic E-state index is 11.1. The van der Waals surface area contributed by atoms with Gasteiger partial charge in [-0.05, 0) is 192 Å². The summed E-state index contributed by atoms with van der Waals surface area (Å²) in [5.41, 5.74) is 3.94. The molecule has 0 spiro atoms. The smallest absolute Gasteiger partial charge is 0.330 e. The van der Waals surface area contributed by atoms with Crippen LogP contribution >= 0.6 is 0 Å². The Balaban J connectivity index is 0.901. The van der Waals surface area contributed by atoms with Gasteiger partial charge in [0.2, 0.25) is 0 Å². The molecule has 0 aliphatic heterocycles. The van der Waals surface area contributed by atoms with Crippen molar-refractivity contribution in [3.8, 4) is 23.0 Å². The summed E-state index contributed by atoms with van der Waals surface area (Å²) in [5.74, 6) is 5.39. The zero-order valence-corrected chi connectivity index (χ0v) is 35.6. The van der Waals surface area contributed by atoms with Crippen molar-refractivity contribution in [2.24, 2.45) is 11.8 Å². The van der Waals surface area contributed by atoms with Crippen molar-refractivity contribution in [3.63, 3.8) is 0 Å². The highest BCUT2D eigenvalue weighted by Gasteiger charge is 2.25. The van der Waals surface area contributed by atoms with Gasteiger partial charge in [0.15, 0.2) is 0 Å². The van der Waals surface area contributed by atoms with Crippen LogP contribution in [0.15, 0.2) is 92.0 Å². The lowest BCUT2D eigenvalue weighted by Crippen LogP contribution is -2.20. The third kappa shape index (κ3) is 16.5. The van der Waals surface area contributed by atoms with E-state index >= 15 is 0 Å². The fraction of sp³-hybridized carbons (Fsp3) is 0.529. The molecule has 8 heteroatoms. The zero-order chi connectivity index (χ0) is 41.5. The van der Waals surface area contributed by atoms with Crippen molar-refractivity contribution in [1.29, 1.82) is 0 Å². The third-order valence-corrected chi connectivity index (χ3v) is 11.9. The molecule has 0 bridgehead atoms. The topological polar surface area (TPSA) is 89.5 Å². The Morgan fingerprint density at radius 1 is 0.508 bits per heavy atom. The van der Waals surface area contributed by atoms with Gasteiger partial charge in [-0.2, -0.15) is 0 Å². The number of carbonyl (C=O) groups excluding carboxylic acids is 2. The quantitative estimate of drug-likeness (QED) is 0.0450. The van der Waals surface area contributed by atoms with E-state index in [1.165, 1.54) is 74.6 Å². The van der Waals surface area contributed by atoms with Gasteiger partial charge in [0.25, 0.3) is 0 Å². The van der Waals surface area contributed by atoms with Gasteiger partial charge in [-0.3, -0.25) is 0 Å². The second-order valence-electron chi connectivity index (χ2n) is 16.4. The summed E-state index contributed by atoms with van der Waals surface area (Å²) < 4.78 is 34.6. The van der Waals surface area contributed by atoms with Gasteiger partial charge in [-0.1, -0.05) is 37.4 Å². The van der Waals surface area contributed by atoms with E-state index in [-0.39, 0.29) is 11.9 Å². The minimum absolute atomic E-state index is 0.353. The maximum absolute atomic E-state index is 11.1. The van der Waals surface area contributed by atoms with Gasteiger partial charge in [0.1, 0.15) is 23.0 Å². The van der Waals surface area contributed by atoms with Crippen LogP contribution in [0.3, 0.4) is 0 Å². The molecule has 2 fully saturated rings. The molecule has 0 N–H and O–H groups in total. The van der Waals surface area contributed by atoms with E-state index in [1.54, 1.807) is 0 Å². The molecule has 8 nitrogen and oxygen atoms in total. The fourth-order valence-electron chi connectivity index (χ4n) is 8.25. The van der Waals surface area contributed by atoms with Crippen LogP contribution in [0.1, 0.15) is 131 Å². The van der Waals surface area contributed by atoms with Crippen molar-refractivity contribution >= 4 is 11.9 Å². The van der Waals surface area contributed by atoms with Crippen molar-refractivity contribution in [2.75, 3.05) is 39.6 Å². The van der Waals surface area contributed by atoms with Crippen molar-refractivity contribution in [1.82, 2.24) is 0 Å². The van der Waals surface area contributed by atoms with E-state index in [0.29, 0.717) is 50.1 Å². The van der Waals surface area contributed by atoms with E-state index in [9.17, 15) is 9.59 Å². The number of benzene rings is 3. The normalized spacial score (nSPS) is 18.9. The molecule has 5 rings (SSSR count). The highest BCUT2D eigenvalue weighted by atomic mass is 16.5. The van der Waals surface area contributed by atoms with Gasteiger partial charge in [-0.25, -0.2) is 9.59 Å². The van der Waals surface area contributed by atoms with E-state index < -0.39 is 0 Å². The lowest BCUT2D eigenvalue weighted by molar-refractivity contribution is -0.138. The number of rotatable bonds is 26. The van der Waals surface area contributed by atoms with Gasteiger partial charge in [-0.15, -0.1) is 0 Å². The fourth-order valence-corrected chi connectivity index (χ4v) is 8.25. The highest BCUT2D eigenvalue weighted by Crippen LogP contribution is 2.38. The van der Waals surface area contributed by atoms with Crippen molar-refractivity contribution in [2.45, 2.75) is 121 Å². The predicted octanol–water partition coefficient (Wildman–Crippen LogP) is 12.0. The first kappa shape index (κ1) is 45.4. The molecule has 3 aromatic rings. The average Bonchev–Trinajstić information content (AvgIpc) is 3.27. The number of carbonyl (C=O) groups is 2. The van der Waals surface area contributed by atoms with Crippen LogP contribution in [0.2, 0.25) is 0 Å². The molecular formula is C51H68O8. The summed E-state index contributed by atoms with van der Waals surface area (Å²) in [4.78, 5) is 22.2. The molecule has 2 aliphatic carbocycles. The highest BCUT2D eigenvalue weighted by molar-refractivity contribution is 5.81. The van der Waals surface area contributed by atoms with E-state index in [2.05, 4.69) is 86.8 Å². The van der Waals surface area contributed by atoms with Crippen molar-refractivity contribution < 1.29 is 38.0 Å². The Hall–Kier alpha value is -4.72. The predicted molar refractivity (Wildman–Crippen MR) is 235 cm³/mol. The first-order valence-corrected chi connectivity index (χ1v) is 22.3. The van der Waals surface area contributed by atoms with Crippen molar-refractivity contribution in [3.05, 3.63) is 109 Å². The summed E-state index contributed by atoms with van der Waals surface area (Å²) in [6.07, 6.45) is 19.7. The molecule has 320 valence electrons. The monoisotopic (exact) mass is 808 g/mol. The first-order chi connectivity index (χ1) is 28.9. The molecule has 59 heavy (non-hydrogen) atoms. The second-order valence-corrected chi connectivity index (χ2v) is 16.4. The number of ether oxygens (including phenoxy) is 6. The average molecular weight is 809 g/mol. The molecule has 0 unspecified atom stereocenters. The van der Waals surface area contributed by atoms with Crippen LogP contribution in [0.4, 0.5) is 0 Å². The van der Waals surface area contributed by atoms with Gasteiger partial charge in [0, 0.05) is 12.2 Å². The number of unbranched alkanes of at least 4 members (excludes halogenated alkanes) is 6. The largest absolute Gasteiger partial charge is 0.494 e. The number of hydrogen-bond acceptors (Lipinski definition) is 8. The summed E-state index contributed by atoms with van der Waals surface area (Å²) in [6.45, 7) is 12.8. The van der Waals surface area contributed by atoms with Crippen LogP contribution in [0.5, 0.6) is 23.0 Å². The van der Waals surface area contributed by atoms with Crippen LogP contribution < -0.4 is 18.9 Å². The van der Waals surface area contributed by atoms with Gasteiger partial charge < -0.3 is 28.4 Å². The Morgan fingerprint density at radius 3 is 1.34 bits per heavy atom. The van der Waals surface area contributed by atoms with Crippen LogP contribution in [-0.2, 0) is 19.1 Å². The standard InChI is InChI=1S/C51H68O8/c1-4-50(52)56-34-12-8-6-10-32-54-46-26-22-44(23-27-46)42-18-14-40(15-19-42)37-58-48-30-31-49(39(3)36-48)59-38-41-16-20-43(21-17-41)45-24-28-47(29-25-45)55-33-11-7-9-13-35-57-51(53)5-2/h4-5,22-31,36,40-43H,1-2,6-21,32-35,37-38H2,3H3. The number of esters is 2. The minimum Gasteiger partial charge on any atom is -0.494 e. The molecule has 0 saturated heterocycles. The third-order valence-electron chi connectivity index (χ3n) is 11.9.